The SMILES string of the molecule is COc1cc2c(cc1OC(C)C)-n1c(-c3cncs3)nc(C(=O)N3CCCC(CN4CCC4)CC3)c1CC2. The van der Waals surface area contributed by atoms with Crippen molar-refractivity contribution in [2.24, 2.45) is 5.92 Å². The van der Waals surface area contributed by atoms with E-state index in [-0.39, 0.29) is 12.0 Å². The molecule has 0 N–H and O–H groups in total. The van der Waals surface area contributed by atoms with E-state index in [1.807, 2.05) is 36.5 Å². The number of rotatable bonds is 7. The van der Waals surface area contributed by atoms with Gasteiger partial charge in [0.05, 0.1) is 35.0 Å². The molecule has 2 fully saturated rings. The van der Waals surface area contributed by atoms with Gasteiger partial charge >= 0.3 is 0 Å². The van der Waals surface area contributed by atoms with Gasteiger partial charge in [-0.15, -0.1) is 11.3 Å². The number of carbonyl (C=O) groups is 1. The molecule has 2 saturated heterocycles. The Morgan fingerprint density at radius 3 is 2.68 bits per heavy atom. The zero-order valence-corrected chi connectivity index (χ0v) is 23.4. The lowest BCUT2D eigenvalue weighted by Crippen LogP contribution is -2.40. The number of hydrogen-bond acceptors (Lipinski definition) is 7. The van der Waals surface area contributed by atoms with Crippen molar-refractivity contribution in [3.63, 3.8) is 0 Å². The molecule has 9 heteroatoms. The molecule has 1 atom stereocenters. The maximum Gasteiger partial charge on any atom is 0.274 e. The summed E-state index contributed by atoms with van der Waals surface area (Å²) in [5.74, 6) is 2.95. The first-order valence-corrected chi connectivity index (χ1v) is 14.8. The Morgan fingerprint density at radius 2 is 1.97 bits per heavy atom. The van der Waals surface area contributed by atoms with Crippen LogP contribution in [0.25, 0.3) is 16.4 Å². The summed E-state index contributed by atoms with van der Waals surface area (Å²) < 4.78 is 13.9. The van der Waals surface area contributed by atoms with Gasteiger partial charge in [-0.1, -0.05) is 0 Å². The molecule has 0 saturated carbocycles. The summed E-state index contributed by atoms with van der Waals surface area (Å²) in [6.07, 6.45) is 8.06. The fraction of sp³-hybridized carbons (Fsp3) is 0.552. The smallest absolute Gasteiger partial charge is 0.274 e. The first-order valence-electron chi connectivity index (χ1n) is 13.9. The summed E-state index contributed by atoms with van der Waals surface area (Å²) >= 11 is 1.54. The third-order valence-electron chi connectivity index (χ3n) is 8.03. The fourth-order valence-electron chi connectivity index (χ4n) is 6.00. The number of likely N-dealkylation sites (tertiary alicyclic amines) is 2. The first kappa shape index (κ1) is 25.4. The molecule has 0 radical (unpaired) electrons. The predicted octanol–water partition coefficient (Wildman–Crippen LogP) is 4.84. The lowest BCUT2D eigenvalue weighted by atomic mass is 9.98. The Morgan fingerprint density at radius 1 is 1.11 bits per heavy atom. The molecule has 202 valence electrons. The van der Waals surface area contributed by atoms with E-state index < -0.39 is 0 Å². The molecule has 0 bridgehead atoms. The molecule has 0 aliphatic carbocycles. The number of methoxy groups -OCH3 is 1. The summed E-state index contributed by atoms with van der Waals surface area (Å²) in [4.78, 5) is 28.9. The van der Waals surface area contributed by atoms with E-state index in [2.05, 4.69) is 20.5 Å². The van der Waals surface area contributed by atoms with Gasteiger partial charge in [0.15, 0.2) is 23.0 Å². The van der Waals surface area contributed by atoms with E-state index in [1.54, 1.807) is 18.4 Å². The highest BCUT2D eigenvalue weighted by Crippen LogP contribution is 2.40. The average molecular weight is 536 g/mol. The number of carbonyl (C=O) groups excluding carboxylic acids is 1. The molecule has 2 aromatic heterocycles. The van der Waals surface area contributed by atoms with Gasteiger partial charge in [0, 0.05) is 31.9 Å². The zero-order valence-electron chi connectivity index (χ0n) is 22.6. The topological polar surface area (TPSA) is 72.7 Å². The fourth-order valence-corrected chi connectivity index (χ4v) is 6.59. The van der Waals surface area contributed by atoms with Crippen molar-refractivity contribution in [1.29, 1.82) is 0 Å². The van der Waals surface area contributed by atoms with Crippen LogP contribution in [0, 0.1) is 5.92 Å². The molecular weight excluding hydrogens is 498 g/mol. The second-order valence-electron chi connectivity index (χ2n) is 11.0. The van der Waals surface area contributed by atoms with Crippen molar-refractivity contribution in [2.75, 3.05) is 39.8 Å². The minimum Gasteiger partial charge on any atom is -0.493 e. The van der Waals surface area contributed by atoms with Crippen LogP contribution >= 0.6 is 11.3 Å². The molecular formula is C29H37N5O3S. The van der Waals surface area contributed by atoms with Gasteiger partial charge in [-0.3, -0.25) is 14.3 Å². The van der Waals surface area contributed by atoms with Crippen molar-refractivity contribution in [1.82, 2.24) is 24.3 Å². The molecule has 8 nitrogen and oxygen atoms in total. The highest BCUT2D eigenvalue weighted by atomic mass is 32.1. The van der Waals surface area contributed by atoms with Crippen molar-refractivity contribution in [3.8, 4) is 27.9 Å². The van der Waals surface area contributed by atoms with Gasteiger partial charge in [0.2, 0.25) is 0 Å². The molecule has 1 aromatic carbocycles. The Hall–Kier alpha value is -2.91. The number of hydrogen-bond donors (Lipinski definition) is 0. The standard InChI is InChI=1S/C29H37N5O3S/c1-19(2)37-25-15-23-21(14-24(25)36-3)7-8-22-27(31-28(34(22)23)26-16-30-18-38-26)29(35)33-12-4-6-20(9-13-33)17-32-10-5-11-32/h14-16,18-20H,4-13,17H2,1-3H3. The Balaban J connectivity index is 1.36. The van der Waals surface area contributed by atoms with Crippen LogP contribution in [-0.2, 0) is 12.8 Å². The Bertz CT molecular complexity index is 1300. The molecule has 3 aromatic rings. The van der Waals surface area contributed by atoms with Crippen molar-refractivity contribution >= 4 is 17.2 Å². The van der Waals surface area contributed by atoms with E-state index in [0.29, 0.717) is 17.4 Å². The minimum atomic E-state index is 0.0128. The molecule has 3 aliphatic heterocycles. The van der Waals surface area contributed by atoms with Crippen molar-refractivity contribution in [2.45, 2.75) is 58.5 Å². The number of amides is 1. The summed E-state index contributed by atoms with van der Waals surface area (Å²) in [5.41, 5.74) is 5.55. The normalized spacial score (nSPS) is 19.5. The zero-order chi connectivity index (χ0) is 26.2. The molecule has 1 amide bonds. The highest BCUT2D eigenvalue weighted by Gasteiger charge is 2.33. The highest BCUT2D eigenvalue weighted by molar-refractivity contribution is 7.13. The van der Waals surface area contributed by atoms with E-state index in [1.165, 1.54) is 32.5 Å². The van der Waals surface area contributed by atoms with Gasteiger partial charge in [0.25, 0.3) is 5.91 Å². The molecule has 6 rings (SSSR count). The summed E-state index contributed by atoms with van der Waals surface area (Å²) in [7, 11) is 1.68. The van der Waals surface area contributed by atoms with Crippen LogP contribution in [0.5, 0.6) is 11.5 Å². The van der Waals surface area contributed by atoms with Gasteiger partial charge in [-0.05, 0) is 83.0 Å². The number of nitrogens with zero attached hydrogens (tertiary/aromatic N) is 5. The first-order chi connectivity index (χ1) is 18.5. The van der Waals surface area contributed by atoms with Gasteiger partial charge < -0.3 is 19.3 Å². The van der Waals surface area contributed by atoms with Crippen LogP contribution in [-0.4, -0.2) is 76.2 Å². The van der Waals surface area contributed by atoms with Crippen molar-refractivity contribution in [3.05, 3.63) is 40.8 Å². The molecule has 38 heavy (non-hydrogen) atoms. The second kappa shape index (κ2) is 10.7. The Kier molecular flexibility index (Phi) is 7.14. The molecule has 3 aliphatic rings. The lowest BCUT2D eigenvalue weighted by molar-refractivity contribution is 0.0750. The van der Waals surface area contributed by atoms with E-state index in [9.17, 15) is 4.79 Å². The number of aromatic nitrogens is 3. The van der Waals surface area contributed by atoms with E-state index in [4.69, 9.17) is 14.5 Å². The quantitative estimate of drug-likeness (QED) is 0.431. The van der Waals surface area contributed by atoms with Crippen LogP contribution in [0.4, 0.5) is 0 Å². The summed E-state index contributed by atoms with van der Waals surface area (Å²) in [6, 6.07) is 4.12. The number of fused-ring (bicyclic) bond motifs is 3. The molecule has 5 heterocycles. The largest absolute Gasteiger partial charge is 0.493 e. The van der Waals surface area contributed by atoms with Gasteiger partial charge in [0.1, 0.15) is 0 Å². The van der Waals surface area contributed by atoms with Crippen LogP contribution in [0.3, 0.4) is 0 Å². The number of benzene rings is 1. The number of thiazole rings is 1. The monoisotopic (exact) mass is 535 g/mol. The number of imidazole rings is 1. The maximum absolute atomic E-state index is 14.0. The second-order valence-corrected chi connectivity index (χ2v) is 11.9. The van der Waals surface area contributed by atoms with Gasteiger partial charge in [-0.25, -0.2) is 4.98 Å². The molecule has 1 unspecified atom stereocenters. The third-order valence-corrected chi connectivity index (χ3v) is 8.80. The van der Waals surface area contributed by atoms with Crippen LogP contribution < -0.4 is 9.47 Å². The van der Waals surface area contributed by atoms with Gasteiger partial charge in [-0.2, -0.15) is 0 Å². The van der Waals surface area contributed by atoms with E-state index >= 15 is 0 Å². The minimum absolute atomic E-state index is 0.0128. The predicted molar refractivity (Wildman–Crippen MR) is 149 cm³/mol. The average Bonchev–Trinajstić information content (AvgIpc) is 3.48. The number of aryl methyl sites for hydroxylation is 1. The maximum atomic E-state index is 14.0. The molecule has 0 spiro atoms. The van der Waals surface area contributed by atoms with E-state index in [0.717, 1.165) is 72.2 Å². The lowest BCUT2D eigenvalue weighted by Gasteiger charge is -2.33. The number of ether oxygens (including phenoxy) is 2. The Labute approximate surface area is 228 Å². The summed E-state index contributed by atoms with van der Waals surface area (Å²) in [6.45, 7) is 9.28. The van der Waals surface area contributed by atoms with Crippen LogP contribution in [0.15, 0.2) is 23.8 Å². The van der Waals surface area contributed by atoms with Crippen LogP contribution in [0.2, 0.25) is 0 Å². The van der Waals surface area contributed by atoms with Crippen molar-refractivity contribution < 1.29 is 14.3 Å². The third kappa shape index (κ3) is 4.82. The summed E-state index contributed by atoms with van der Waals surface area (Å²) in [5, 5.41) is 0. The van der Waals surface area contributed by atoms with Crippen LogP contribution in [0.1, 0.15) is 61.3 Å².